The van der Waals surface area contributed by atoms with Crippen molar-refractivity contribution < 1.29 is 4.79 Å². The second kappa shape index (κ2) is 7.57. The fraction of sp³-hybridized carbons (Fsp3) is 0.588. The third kappa shape index (κ3) is 4.55. The van der Waals surface area contributed by atoms with Gasteiger partial charge in [0, 0.05) is 18.3 Å². The van der Waals surface area contributed by atoms with Gasteiger partial charge >= 0.3 is 0 Å². The highest BCUT2D eigenvalue weighted by molar-refractivity contribution is 5.93. The van der Waals surface area contributed by atoms with Crippen LogP contribution in [0.15, 0.2) is 18.2 Å². The molecule has 0 saturated carbocycles. The zero-order chi connectivity index (χ0) is 15.2. The van der Waals surface area contributed by atoms with Gasteiger partial charge in [0.1, 0.15) is 0 Å². The summed E-state index contributed by atoms with van der Waals surface area (Å²) in [6.07, 6.45) is 2.21. The minimum atomic E-state index is 0.0871. The Morgan fingerprint density at radius 1 is 1.43 bits per heavy atom. The number of hydrogen-bond acceptors (Lipinski definition) is 3. The molecule has 1 fully saturated rings. The third-order valence-corrected chi connectivity index (χ3v) is 4.08. The Morgan fingerprint density at radius 2 is 2.24 bits per heavy atom. The summed E-state index contributed by atoms with van der Waals surface area (Å²) in [6.45, 7) is 9.75. The van der Waals surface area contributed by atoms with Gasteiger partial charge in [-0.05, 0) is 57.0 Å². The molecule has 1 atom stereocenters. The predicted molar refractivity (Wildman–Crippen MR) is 87.7 cm³/mol. The van der Waals surface area contributed by atoms with Crippen LogP contribution in [0.5, 0.6) is 0 Å². The molecule has 2 N–H and O–H groups in total. The molecule has 21 heavy (non-hydrogen) atoms. The number of rotatable bonds is 6. The van der Waals surface area contributed by atoms with Crippen molar-refractivity contribution in [3.05, 3.63) is 29.3 Å². The van der Waals surface area contributed by atoms with Gasteiger partial charge in [0.15, 0.2) is 0 Å². The molecule has 1 saturated heterocycles. The lowest BCUT2D eigenvalue weighted by Crippen LogP contribution is -2.42. The van der Waals surface area contributed by atoms with E-state index in [-0.39, 0.29) is 5.91 Å². The maximum atomic E-state index is 12.3. The number of amides is 1. The van der Waals surface area contributed by atoms with Crippen LogP contribution < -0.4 is 10.6 Å². The van der Waals surface area contributed by atoms with Crippen LogP contribution in [-0.4, -0.2) is 43.0 Å². The smallest absolute Gasteiger partial charge is 0.238 e. The molecule has 1 aliphatic heterocycles. The number of aryl methyl sites for hydroxylation is 2. The van der Waals surface area contributed by atoms with Gasteiger partial charge in [-0.1, -0.05) is 19.1 Å². The van der Waals surface area contributed by atoms with E-state index in [1.165, 1.54) is 5.56 Å². The van der Waals surface area contributed by atoms with Crippen LogP contribution in [0, 0.1) is 13.8 Å². The molecule has 0 aliphatic carbocycles. The minimum absolute atomic E-state index is 0.0871. The normalized spacial score (nSPS) is 18.2. The van der Waals surface area contributed by atoms with Gasteiger partial charge in [0.05, 0.1) is 6.54 Å². The van der Waals surface area contributed by atoms with Gasteiger partial charge in [0.2, 0.25) is 5.91 Å². The summed E-state index contributed by atoms with van der Waals surface area (Å²) in [5.74, 6) is 0.0871. The van der Waals surface area contributed by atoms with Crippen molar-refractivity contribution in [3.8, 4) is 0 Å². The first-order chi connectivity index (χ1) is 10.1. The Balaban J connectivity index is 1.96. The molecule has 0 bridgehead atoms. The second-order valence-electron chi connectivity index (χ2n) is 5.98. The number of benzene rings is 1. The zero-order valence-corrected chi connectivity index (χ0v) is 13.4. The molecule has 116 valence electrons. The molecule has 1 aromatic carbocycles. The Hall–Kier alpha value is -1.39. The maximum absolute atomic E-state index is 12.3. The van der Waals surface area contributed by atoms with Crippen molar-refractivity contribution >= 4 is 11.6 Å². The highest BCUT2D eigenvalue weighted by Gasteiger charge is 2.23. The number of carbonyl (C=O) groups is 1. The maximum Gasteiger partial charge on any atom is 0.238 e. The summed E-state index contributed by atoms with van der Waals surface area (Å²) < 4.78 is 0. The average molecular weight is 289 g/mol. The van der Waals surface area contributed by atoms with Gasteiger partial charge < -0.3 is 10.6 Å². The molecule has 1 heterocycles. The van der Waals surface area contributed by atoms with Gasteiger partial charge in [0.25, 0.3) is 0 Å². The Morgan fingerprint density at radius 3 is 2.90 bits per heavy atom. The summed E-state index contributed by atoms with van der Waals surface area (Å²) in [4.78, 5) is 14.7. The molecular formula is C17H27N3O. The van der Waals surface area contributed by atoms with E-state index in [0.717, 1.165) is 43.7 Å². The van der Waals surface area contributed by atoms with Gasteiger partial charge in [-0.2, -0.15) is 0 Å². The lowest BCUT2D eigenvalue weighted by Gasteiger charge is -2.27. The summed E-state index contributed by atoms with van der Waals surface area (Å²) in [5, 5.41) is 6.44. The predicted octanol–water partition coefficient (Wildman–Crippen LogP) is 2.32. The summed E-state index contributed by atoms with van der Waals surface area (Å²) >= 11 is 0. The van der Waals surface area contributed by atoms with Crippen LogP contribution in [0.3, 0.4) is 0 Å². The van der Waals surface area contributed by atoms with Crippen LogP contribution >= 0.6 is 0 Å². The number of anilines is 1. The Kier molecular flexibility index (Phi) is 5.76. The molecule has 1 unspecified atom stereocenters. The lowest BCUT2D eigenvalue weighted by molar-refractivity contribution is -0.117. The van der Waals surface area contributed by atoms with Crippen molar-refractivity contribution in [2.75, 3.05) is 31.5 Å². The summed E-state index contributed by atoms with van der Waals surface area (Å²) in [6, 6.07) is 6.65. The first-order valence-electron chi connectivity index (χ1n) is 7.92. The number of hydrogen-bond donors (Lipinski definition) is 2. The minimum Gasteiger partial charge on any atom is -0.325 e. The standard InChI is InChI=1S/C17H27N3O/c1-4-9-20(15-7-8-18-11-15)12-17(21)19-16-10-13(2)5-6-14(16)3/h5-6,10,15,18H,4,7-9,11-12H2,1-3H3,(H,19,21). The molecule has 4 heteroatoms. The number of carbonyl (C=O) groups excluding carboxylic acids is 1. The van der Waals surface area contributed by atoms with Gasteiger partial charge in [-0.15, -0.1) is 0 Å². The topological polar surface area (TPSA) is 44.4 Å². The van der Waals surface area contributed by atoms with Crippen molar-refractivity contribution in [2.45, 2.75) is 39.7 Å². The Bertz CT molecular complexity index is 481. The highest BCUT2D eigenvalue weighted by Crippen LogP contribution is 2.17. The zero-order valence-electron chi connectivity index (χ0n) is 13.4. The molecule has 2 rings (SSSR count). The van der Waals surface area contributed by atoms with E-state index in [9.17, 15) is 4.79 Å². The second-order valence-corrected chi connectivity index (χ2v) is 5.98. The molecule has 1 aromatic rings. The van der Waals surface area contributed by atoms with E-state index in [1.807, 2.05) is 19.9 Å². The van der Waals surface area contributed by atoms with Crippen LogP contribution in [0.4, 0.5) is 5.69 Å². The first kappa shape index (κ1) is 16.0. The van der Waals surface area contributed by atoms with Gasteiger partial charge in [-0.25, -0.2) is 0 Å². The van der Waals surface area contributed by atoms with Crippen LogP contribution in [0.2, 0.25) is 0 Å². The third-order valence-electron chi connectivity index (χ3n) is 4.08. The first-order valence-corrected chi connectivity index (χ1v) is 7.92. The van der Waals surface area contributed by atoms with Crippen molar-refractivity contribution in [2.24, 2.45) is 0 Å². The van der Waals surface area contributed by atoms with Crippen molar-refractivity contribution in [3.63, 3.8) is 0 Å². The van der Waals surface area contributed by atoms with Crippen molar-refractivity contribution in [1.29, 1.82) is 0 Å². The van der Waals surface area contributed by atoms with E-state index in [1.54, 1.807) is 0 Å². The Labute approximate surface area is 127 Å². The summed E-state index contributed by atoms with van der Waals surface area (Å²) in [7, 11) is 0. The number of nitrogens with zero attached hydrogens (tertiary/aromatic N) is 1. The van der Waals surface area contributed by atoms with E-state index in [2.05, 4.69) is 34.6 Å². The van der Waals surface area contributed by atoms with Gasteiger partial charge in [-0.3, -0.25) is 9.69 Å². The molecular weight excluding hydrogens is 262 g/mol. The number of nitrogens with one attached hydrogen (secondary N) is 2. The molecule has 0 radical (unpaired) electrons. The fourth-order valence-corrected chi connectivity index (χ4v) is 2.87. The molecule has 4 nitrogen and oxygen atoms in total. The molecule has 0 spiro atoms. The van der Waals surface area contributed by atoms with E-state index < -0.39 is 0 Å². The van der Waals surface area contributed by atoms with Crippen LogP contribution in [0.25, 0.3) is 0 Å². The van der Waals surface area contributed by atoms with Crippen LogP contribution in [-0.2, 0) is 4.79 Å². The molecule has 1 amide bonds. The largest absolute Gasteiger partial charge is 0.325 e. The SMILES string of the molecule is CCCN(CC(=O)Nc1cc(C)ccc1C)C1CCNC1. The summed E-state index contributed by atoms with van der Waals surface area (Å²) in [5.41, 5.74) is 3.21. The van der Waals surface area contributed by atoms with E-state index in [0.29, 0.717) is 12.6 Å². The van der Waals surface area contributed by atoms with E-state index in [4.69, 9.17) is 0 Å². The van der Waals surface area contributed by atoms with Crippen molar-refractivity contribution in [1.82, 2.24) is 10.2 Å². The molecule has 1 aliphatic rings. The fourth-order valence-electron chi connectivity index (χ4n) is 2.87. The quantitative estimate of drug-likeness (QED) is 0.845. The lowest BCUT2D eigenvalue weighted by atomic mass is 10.1. The van der Waals surface area contributed by atoms with E-state index >= 15 is 0 Å². The highest BCUT2D eigenvalue weighted by atomic mass is 16.2. The molecule has 0 aromatic heterocycles. The van der Waals surface area contributed by atoms with Crippen LogP contribution in [0.1, 0.15) is 30.9 Å². The average Bonchev–Trinajstić information content (AvgIpc) is 2.96. The monoisotopic (exact) mass is 289 g/mol.